The van der Waals surface area contributed by atoms with Gasteiger partial charge in [0.05, 0.1) is 5.69 Å². The summed E-state index contributed by atoms with van der Waals surface area (Å²) < 4.78 is 0. The predicted molar refractivity (Wildman–Crippen MR) is 84.9 cm³/mol. The maximum atomic E-state index is 10.5. The van der Waals surface area contributed by atoms with Crippen LogP contribution in [0.25, 0.3) is 0 Å². The molecular weight excluding hydrogens is 276 g/mol. The van der Waals surface area contributed by atoms with Crippen LogP contribution in [0, 0.1) is 0 Å². The van der Waals surface area contributed by atoms with Gasteiger partial charge in [0.2, 0.25) is 0 Å². The molecule has 0 spiro atoms. The largest absolute Gasteiger partial charge is 0.508 e. The molecule has 0 saturated heterocycles. The van der Waals surface area contributed by atoms with Crippen LogP contribution in [0.4, 0.5) is 5.69 Å². The molecular formula is C18H16N2O2. The van der Waals surface area contributed by atoms with E-state index in [0.717, 1.165) is 5.56 Å². The summed E-state index contributed by atoms with van der Waals surface area (Å²) in [5, 5.41) is 28.7. The summed E-state index contributed by atoms with van der Waals surface area (Å²) in [5.74, 6) is 0.0222. The van der Waals surface area contributed by atoms with Gasteiger partial charge in [-0.05, 0) is 35.9 Å². The van der Waals surface area contributed by atoms with Crippen LogP contribution < -0.4 is 0 Å². The first-order chi connectivity index (χ1) is 10.7. The van der Waals surface area contributed by atoms with E-state index in [-0.39, 0.29) is 5.76 Å². The van der Waals surface area contributed by atoms with E-state index in [0.29, 0.717) is 5.69 Å². The topological polar surface area (TPSA) is 65.2 Å². The lowest BCUT2D eigenvalue weighted by atomic mass is 9.82. The fourth-order valence-electron chi connectivity index (χ4n) is 2.41. The lowest BCUT2D eigenvalue weighted by Gasteiger charge is -2.31. The summed E-state index contributed by atoms with van der Waals surface area (Å²) in [5.41, 5.74) is 0.475. The van der Waals surface area contributed by atoms with E-state index >= 15 is 0 Å². The van der Waals surface area contributed by atoms with Crippen molar-refractivity contribution in [3.8, 4) is 0 Å². The first-order valence-electron chi connectivity index (χ1n) is 7.02. The zero-order valence-corrected chi connectivity index (χ0v) is 11.9. The number of hydrogen-bond acceptors (Lipinski definition) is 4. The third-order valence-corrected chi connectivity index (χ3v) is 3.61. The molecule has 0 bridgehead atoms. The fourth-order valence-corrected chi connectivity index (χ4v) is 2.41. The van der Waals surface area contributed by atoms with E-state index in [9.17, 15) is 10.2 Å². The van der Waals surface area contributed by atoms with E-state index in [1.807, 2.05) is 60.7 Å². The minimum absolute atomic E-state index is 0.0222. The van der Waals surface area contributed by atoms with Crippen molar-refractivity contribution in [2.75, 3.05) is 0 Å². The molecule has 0 fully saturated rings. The molecule has 0 aromatic heterocycles. The van der Waals surface area contributed by atoms with Crippen LogP contribution in [0.2, 0.25) is 0 Å². The Bertz CT molecular complexity index is 723. The SMILES string of the molecule is OC1=CC(O)C(N=Nc2ccccc2)(c2ccccc2)C=C1. The Balaban J connectivity index is 2.05. The number of nitrogens with zero attached hydrogens (tertiary/aromatic N) is 2. The van der Waals surface area contributed by atoms with Crippen LogP contribution in [-0.4, -0.2) is 16.3 Å². The molecule has 2 aromatic carbocycles. The Morgan fingerprint density at radius 1 is 0.909 bits per heavy atom. The van der Waals surface area contributed by atoms with Gasteiger partial charge in [0.15, 0.2) is 5.54 Å². The molecule has 2 aromatic rings. The van der Waals surface area contributed by atoms with Crippen molar-refractivity contribution in [3.05, 3.63) is 90.2 Å². The molecule has 1 aliphatic rings. The molecule has 0 amide bonds. The second kappa shape index (κ2) is 5.95. The number of benzene rings is 2. The highest BCUT2D eigenvalue weighted by Gasteiger charge is 2.39. The van der Waals surface area contributed by atoms with Crippen molar-refractivity contribution in [3.63, 3.8) is 0 Å². The Hall–Kier alpha value is -2.72. The van der Waals surface area contributed by atoms with Crippen LogP contribution in [0.1, 0.15) is 5.56 Å². The van der Waals surface area contributed by atoms with Gasteiger partial charge in [-0.1, -0.05) is 48.5 Å². The molecule has 2 unspecified atom stereocenters. The van der Waals surface area contributed by atoms with Crippen molar-refractivity contribution in [2.45, 2.75) is 11.6 Å². The van der Waals surface area contributed by atoms with Crippen LogP contribution in [0.3, 0.4) is 0 Å². The van der Waals surface area contributed by atoms with Crippen molar-refractivity contribution < 1.29 is 10.2 Å². The minimum Gasteiger partial charge on any atom is -0.508 e. The van der Waals surface area contributed by atoms with Gasteiger partial charge < -0.3 is 10.2 Å². The summed E-state index contributed by atoms with van der Waals surface area (Å²) in [6.07, 6.45) is 3.59. The van der Waals surface area contributed by atoms with Crippen molar-refractivity contribution in [1.29, 1.82) is 0 Å². The van der Waals surface area contributed by atoms with Crippen molar-refractivity contribution >= 4 is 5.69 Å². The second-order valence-electron chi connectivity index (χ2n) is 5.10. The van der Waals surface area contributed by atoms with E-state index in [1.165, 1.54) is 12.2 Å². The molecule has 2 N–H and O–H groups in total. The molecule has 110 valence electrons. The van der Waals surface area contributed by atoms with Crippen LogP contribution in [0.5, 0.6) is 0 Å². The molecule has 1 aliphatic carbocycles. The third kappa shape index (κ3) is 2.69. The average molecular weight is 292 g/mol. The quantitative estimate of drug-likeness (QED) is 0.838. The molecule has 0 saturated carbocycles. The highest BCUT2D eigenvalue weighted by atomic mass is 16.3. The van der Waals surface area contributed by atoms with E-state index in [1.54, 1.807) is 6.08 Å². The smallest absolute Gasteiger partial charge is 0.155 e. The van der Waals surface area contributed by atoms with Gasteiger partial charge in [-0.3, -0.25) is 0 Å². The summed E-state index contributed by atoms with van der Waals surface area (Å²) >= 11 is 0. The van der Waals surface area contributed by atoms with Gasteiger partial charge in [-0.15, -0.1) is 0 Å². The Labute approximate surface area is 128 Å². The Kier molecular flexibility index (Phi) is 3.85. The first-order valence-corrected chi connectivity index (χ1v) is 7.02. The summed E-state index contributed by atoms with van der Waals surface area (Å²) in [4.78, 5) is 0. The number of allylic oxidation sites excluding steroid dienone is 1. The van der Waals surface area contributed by atoms with E-state index in [2.05, 4.69) is 10.2 Å². The lowest BCUT2D eigenvalue weighted by molar-refractivity contribution is 0.144. The molecule has 4 nitrogen and oxygen atoms in total. The number of azo groups is 1. The summed E-state index contributed by atoms with van der Waals surface area (Å²) in [7, 11) is 0. The fraction of sp³-hybridized carbons (Fsp3) is 0.111. The van der Waals surface area contributed by atoms with Gasteiger partial charge in [0, 0.05) is 0 Å². The lowest BCUT2D eigenvalue weighted by Crippen LogP contribution is -2.36. The number of aliphatic hydroxyl groups excluding tert-OH is 2. The summed E-state index contributed by atoms with van der Waals surface area (Å²) in [6.45, 7) is 0. The molecule has 2 atom stereocenters. The molecule has 4 heteroatoms. The zero-order valence-electron chi connectivity index (χ0n) is 11.9. The van der Waals surface area contributed by atoms with Crippen molar-refractivity contribution in [2.24, 2.45) is 10.2 Å². The second-order valence-corrected chi connectivity index (χ2v) is 5.10. The van der Waals surface area contributed by atoms with Gasteiger partial charge in [0.25, 0.3) is 0 Å². The zero-order chi connectivity index (χ0) is 15.4. The maximum absolute atomic E-state index is 10.5. The highest BCUT2D eigenvalue weighted by molar-refractivity contribution is 5.40. The Morgan fingerprint density at radius 2 is 1.55 bits per heavy atom. The van der Waals surface area contributed by atoms with E-state index < -0.39 is 11.6 Å². The standard InChI is InChI=1S/C18H16N2O2/c21-16-11-12-18(17(22)13-16,14-7-3-1-4-8-14)20-19-15-9-5-2-6-10-15/h1-13,17,21-22H. The normalized spacial score (nSPS) is 24.4. The minimum atomic E-state index is -1.04. The number of rotatable bonds is 3. The maximum Gasteiger partial charge on any atom is 0.155 e. The highest BCUT2D eigenvalue weighted by Crippen LogP contribution is 2.36. The van der Waals surface area contributed by atoms with Crippen LogP contribution >= 0.6 is 0 Å². The van der Waals surface area contributed by atoms with Gasteiger partial charge in [-0.2, -0.15) is 10.2 Å². The molecule has 0 heterocycles. The van der Waals surface area contributed by atoms with Gasteiger partial charge in [0.1, 0.15) is 11.9 Å². The van der Waals surface area contributed by atoms with Crippen molar-refractivity contribution in [1.82, 2.24) is 0 Å². The Morgan fingerprint density at radius 3 is 2.18 bits per heavy atom. The molecule has 3 rings (SSSR count). The average Bonchev–Trinajstić information content (AvgIpc) is 2.56. The van der Waals surface area contributed by atoms with Crippen LogP contribution in [-0.2, 0) is 5.54 Å². The molecule has 0 radical (unpaired) electrons. The predicted octanol–water partition coefficient (Wildman–Crippen LogP) is 4.04. The molecule has 22 heavy (non-hydrogen) atoms. The summed E-state index contributed by atoms with van der Waals surface area (Å²) in [6, 6.07) is 18.8. The molecule has 0 aliphatic heterocycles. The number of aliphatic hydroxyl groups is 2. The number of hydrogen-bond donors (Lipinski definition) is 2. The van der Waals surface area contributed by atoms with Gasteiger partial charge >= 0.3 is 0 Å². The first kappa shape index (κ1) is 14.2. The van der Waals surface area contributed by atoms with Crippen LogP contribution in [0.15, 0.2) is 94.9 Å². The monoisotopic (exact) mass is 292 g/mol. The van der Waals surface area contributed by atoms with Gasteiger partial charge in [-0.25, -0.2) is 0 Å². The van der Waals surface area contributed by atoms with E-state index in [4.69, 9.17) is 0 Å². The third-order valence-electron chi connectivity index (χ3n) is 3.61.